The van der Waals surface area contributed by atoms with Crippen LogP contribution in [0.3, 0.4) is 0 Å². The number of hydrogen-bond donors (Lipinski definition) is 1. The molecule has 0 bridgehead atoms. The Labute approximate surface area is 48.6 Å². The van der Waals surface area contributed by atoms with Crippen molar-refractivity contribution in [1.29, 1.82) is 0 Å². The summed E-state index contributed by atoms with van der Waals surface area (Å²) in [6, 6.07) is 0. The second kappa shape index (κ2) is 1.42. The fourth-order valence-corrected chi connectivity index (χ4v) is 0.741. The molecule has 1 atom stereocenters. The number of hydrogen-bond acceptors (Lipinski definition) is 2. The Balaban J connectivity index is 2.64. The lowest BCUT2D eigenvalue weighted by molar-refractivity contribution is -0.109. The number of carbonyl (C=O) groups excluding carboxylic acids is 1. The second-order valence-corrected chi connectivity index (χ2v) is 2.12. The number of rotatable bonds is 2. The molecule has 0 aliphatic heterocycles. The van der Waals surface area contributed by atoms with Gasteiger partial charge in [0.1, 0.15) is 6.29 Å². The van der Waals surface area contributed by atoms with Crippen molar-refractivity contribution in [3.8, 4) is 0 Å². The Morgan fingerprint density at radius 2 is 2.50 bits per heavy atom. The first kappa shape index (κ1) is 5.51. The summed E-state index contributed by atoms with van der Waals surface area (Å²) in [6.45, 7) is 3.67. The number of aldehydes is 1. The summed E-state index contributed by atoms with van der Waals surface area (Å²) in [5.41, 5.74) is 0.662. The van der Waals surface area contributed by atoms with Crippen LogP contribution in [-0.4, -0.2) is 18.9 Å². The molecule has 0 spiro atoms. The quantitative estimate of drug-likeness (QED) is 0.404. The number of carbonyl (C=O) groups is 1. The molecule has 0 radical (unpaired) electrons. The van der Waals surface area contributed by atoms with Gasteiger partial charge in [-0.25, -0.2) is 0 Å². The van der Waals surface area contributed by atoms with Crippen molar-refractivity contribution in [1.82, 2.24) is 5.32 Å². The monoisotopic (exact) mass is 111 g/mol. The fraction of sp³-hybridized carbons (Fsp3) is 0.500. The maximum absolute atomic E-state index is 10.2. The van der Waals surface area contributed by atoms with Gasteiger partial charge >= 0.3 is 0 Å². The average molecular weight is 111 g/mol. The summed E-state index contributed by atoms with van der Waals surface area (Å²) in [6.07, 6.45) is 1.72. The number of nitrogens with one attached hydrogen (secondary N) is 1. The van der Waals surface area contributed by atoms with Gasteiger partial charge in [0, 0.05) is 0 Å². The van der Waals surface area contributed by atoms with Crippen molar-refractivity contribution < 1.29 is 4.79 Å². The van der Waals surface area contributed by atoms with Crippen LogP contribution >= 0.6 is 0 Å². The third kappa shape index (κ3) is 0.497. The topological polar surface area (TPSA) is 29.1 Å². The highest BCUT2D eigenvalue weighted by Gasteiger charge is 2.45. The van der Waals surface area contributed by atoms with Gasteiger partial charge in [-0.3, -0.25) is 0 Å². The van der Waals surface area contributed by atoms with Gasteiger partial charge in [0.05, 0.1) is 5.54 Å². The van der Waals surface area contributed by atoms with Crippen LogP contribution in [0.15, 0.2) is 12.2 Å². The Kier molecular flexibility index (Phi) is 0.978. The zero-order valence-corrected chi connectivity index (χ0v) is 4.90. The summed E-state index contributed by atoms with van der Waals surface area (Å²) in [4.78, 5) is 10.2. The third-order valence-corrected chi connectivity index (χ3v) is 1.65. The van der Waals surface area contributed by atoms with Crippen molar-refractivity contribution >= 4 is 6.29 Å². The van der Waals surface area contributed by atoms with Crippen LogP contribution in [0.4, 0.5) is 0 Å². The predicted molar refractivity (Wildman–Crippen MR) is 31.6 cm³/mol. The van der Waals surface area contributed by atoms with Crippen LogP contribution in [0.5, 0.6) is 0 Å². The standard InChI is InChI=1S/C6H9NO/c1-5-3-6(5,4-8)7-2/h4,7H,1,3H2,2H3. The van der Waals surface area contributed by atoms with Crippen molar-refractivity contribution in [2.45, 2.75) is 12.0 Å². The molecule has 44 valence electrons. The van der Waals surface area contributed by atoms with E-state index in [-0.39, 0.29) is 5.54 Å². The molecule has 0 aromatic carbocycles. The molecule has 0 aromatic heterocycles. The van der Waals surface area contributed by atoms with Gasteiger partial charge in [-0.2, -0.15) is 0 Å². The summed E-state index contributed by atoms with van der Waals surface area (Å²) in [5.74, 6) is 0. The summed E-state index contributed by atoms with van der Waals surface area (Å²) in [7, 11) is 1.77. The first-order valence-electron chi connectivity index (χ1n) is 2.59. The largest absolute Gasteiger partial charge is 0.305 e. The minimum atomic E-state index is -0.333. The Morgan fingerprint density at radius 1 is 2.00 bits per heavy atom. The highest BCUT2D eigenvalue weighted by atomic mass is 16.1. The molecular formula is C6H9NO. The van der Waals surface area contributed by atoms with Crippen molar-refractivity contribution in [2.24, 2.45) is 0 Å². The summed E-state index contributed by atoms with van der Waals surface area (Å²) < 4.78 is 0. The van der Waals surface area contributed by atoms with Crippen LogP contribution in [0, 0.1) is 0 Å². The van der Waals surface area contributed by atoms with Gasteiger partial charge in [-0.15, -0.1) is 0 Å². The molecular weight excluding hydrogens is 102 g/mol. The van der Waals surface area contributed by atoms with Gasteiger partial charge < -0.3 is 10.1 Å². The lowest BCUT2D eigenvalue weighted by atomic mass is 10.3. The Hall–Kier alpha value is -0.630. The van der Waals surface area contributed by atoms with E-state index in [0.717, 1.165) is 18.3 Å². The molecule has 8 heavy (non-hydrogen) atoms. The van der Waals surface area contributed by atoms with E-state index in [1.807, 2.05) is 0 Å². The Morgan fingerprint density at radius 3 is 2.50 bits per heavy atom. The molecule has 2 nitrogen and oxygen atoms in total. The van der Waals surface area contributed by atoms with E-state index in [1.54, 1.807) is 7.05 Å². The SMILES string of the molecule is C=C1CC1(C=O)NC. The summed E-state index contributed by atoms with van der Waals surface area (Å²) in [5, 5.41) is 2.88. The van der Waals surface area contributed by atoms with Gasteiger partial charge in [-0.1, -0.05) is 6.58 Å². The van der Waals surface area contributed by atoms with Crippen LogP contribution in [-0.2, 0) is 4.79 Å². The summed E-state index contributed by atoms with van der Waals surface area (Å²) >= 11 is 0. The lowest BCUT2D eigenvalue weighted by Crippen LogP contribution is -2.28. The molecule has 0 amide bonds. The molecule has 0 saturated heterocycles. The molecule has 1 N–H and O–H groups in total. The fourth-order valence-electron chi connectivity index (χ4n) is 0.741. The molecule has 1 fully saturated rings. The van der Waals surface area contributed by atoms with E-state index in [1.165, 1.54) is 0 Å². The lowest BCUT2D eigenvalue weighted by Gasteiger charge is -2.00. The molecule has 0 aromatic rings. The van der Waals surface area contributed by atoms with Gasteiger partial charge in [-0.05, 0) is 19.0 Å². The van der Waals surface area contributed by atoms with Crippen molar-refractivity contribution in [3.05, 3.63) is 12.2 Å². The molecule has 2 heteroatoms. The van der Waals surface area contributed by atoms with Crippen LogP contribution in [0.2, 0.25) is 0 Å². The third-order valence-electron chi connectivity index (χ3n) is 1.65. The maximum Gasteiger partial charge on any atom is 0.144 e. The first-order chi connectivity index (χ1) is 3.75. The van der Waals surface area contributed by atoms with Crippen LogP contribution in [0.1, 0.15) is 6.42 Å². The zero-order valence-electron chi connectivity index (χ0n) is 4.90. The van der Waals surface area contributed by atoms with Crippen LogP contribution < -0.4 is 5.32 Å². The predicted octanol–water partition coefficient (Wildman–Crippen LogP) is 0.103. The van der Waals surface area contributed by atoms with Gasteiger partial charge in [0.25, 0.3) is 0 Å². The minimum Gasteiger partial charge on any atom is -0.305 e. The van der Waals surface area contributed by atoms with Crippen LogP contribution in [0.25, 0.3) is 0 Å². The number of likely N-dealkylation sites (N-methyl/N-ethyl adjacent to an activating group) is 1. The molecule has 1 aliphatic carbocycles. The molecule has 1 aliphatic rings. The zero-order chi connectivity index (χ0) is 6.20. The van der Waals surface area contributed by atoms with Gasteiger partial charge in [0.15, 0.2) is 0 Å². The highest BCUT2D eigenvalue weighted by molar-refractivity contribution is 5.78. The Bertz CT molecular complexity index is 141. The second-order valence-electron chi connectivity index (χ2n) is 2.12. The van der Waals surface area contributed by atoms with Crippen molar-refractivity contribution in [2.75, 3.05) is 7.05 Å². The first-order valence-corrected chi connectivity index (χ1v) is 2.59. The van der Waals surface area contributed by atoms with E-state index < -0.39 is 0 Å². The van der Waals surface area contributed by atoms with E-state index in [9.17, 15) is 4.79 Å². The van der Waals surface area contributed by atoms with E-state index in [2.05, 4.69) is 11.9 Å². The van der Waals surface area contributed by atoms with Crippen molar-refractivity contribution in [3.63, 3.8) is 0 Å². The molecule has 1 saturated carbocycles. The van der Waals surface area contributed by atoms with E-state index in [4.69, 9.17) is 0 Å². The highest BCUT2D eigenvalue weighted by Crippen LogP contribution is 2.38. The average Bonchev–Trinajstić information content (AvgIpc) is 2.43. The van der Waals surface area contributed by atoms with Gasteiger partial charge in [0.2, 0.25) is 0 Å². The van der Waals surface area contributed by atoms with E-state index in [0.29, 0.717) is 0 Å². The smallest absolute Gasteiger partial charge is 0.144 e. The molecule has 1 unspecified atom stereocenters. The normalized spacial score (nSPS) is 34.9. The molecule has 0 heterocycles. The minimum absolute atomic E-state index is 0.333. The van der Waals surface area contributed by atoms with E-state index >= 15 is 0 Å². The molecule has 1 rings (SSSR count). The maximum atomic E-state index is 10.2.